The first-order valence-corrected chi connectivity index (χ1v) is 5.30. The van der Waals surface area contributed by atoms with Crippen LogP contribution in [-0.4, -0.2) is 5.91 Å². The molecule has 0 aliphatic heterocycles. The molecule has 0 fully saturated rings. The zero-order valence-electron chi connectivity index (χ0n) is 9.78. The van der Waals surface area contributed by atoms with Crippen molar-refractivity contribution in [2.24, 2.45) is 0 Å². The number of amides is 1. The highest BCUT2D eigenvalue weighted by Crippen LogP contribution is 2.18. The third kappa shape index (κ3) is 2.47. The number of furan rings is 1. The van der Waals surface area contributed by atoms with Crippen LogP contribution in [0.4, 0.5) is 11.4 Å². The Hall–Kier alpha value is -2.23. The number of aryl methyl sites for hydroxylation is 2. The average molecular weight is 230 g/mol. The first-order valence-electron chi connectivity index (χ1n) is 5.30. The van der Waals surface area contributed by atoms with E-state index in [2.05, 4.69) is 5.32 Å². The number of nitrogens with one attached hydrogen (secondary N) is 1. The van der Waals surface area contributed by atoms with Crippen LogP contribution in [0.2, 0.25) is 0 Å². The van der Waals surface area contributed by atoms with Gasteiger partial charge in [-0.3, -0.25) is 4.79 Å². The van der Waals surface area contributed by atoms with E-state index in [4.69, 9.17) is 10.2 Å². The quantitative estimate of drug-likeness (QED) is 0.779. The second-order valence-electron chi connectivity index (χ2n) is 3.94. The van der Waals surface area contributed by atoms with Gasteiger partial charge in [-0.15, -0.1) is 0 Å². The van der Waals surface area contributed by atoms with Gasteiger partial charge in [-0.1, -0.05) is 0 Å². The zero-order valence-corrected chi connectivity index (χ0v) is 9.78. The molecule has 0 unspecified atom stereocenters. The van der Waals surface area contributed by atoms with Gasteiger partial charge in [-0.2, -0.15) is 0 Å². The van der Waals surface area contributed by atoms with Crippen LogP contribution < -0.4 is 11.1 Å². The molecule has 1 aromatic carbocycles. The topological polar surface area (TPSA) is 68.3 Å². The van der Waals surface area contributed by atoms with E-state index in [0.717, 1.165) is 11.3 Å². The molecule has 1 heterocycles. The van der Waals surface area contributed by atoms with E-state index >= 15 is 0 Å². The smallest absolute Gasteiger partial charge is 0.291 e. The number of hydrogen-bond donors (Lipinski definition) is 2. The van der Waals surface area contributed by atoms with E-state index in [1.807, 2.05) is 13.0 Å². The number of carbonyl (C=O) groups is 1. The van der Waals surface area contributed by atoms with Crippen LogP contribution >= 0.6 is 0 Å². The maximum Gasteiger partial charge on any atom is 0.291 e. The van der Waals surface area contributed by atoms with Crippen LogP contribution in [0.5, 0.6) is 0 Å². The first kappa shape index (κ1) is 11.3. The fourth-order valence-electron chi connectivity index (χ4n) is 1.57. The van der Waals surface area contributed by atoms with Crippen LogP contribution in [0.25, 0.3) is 0 Å². The standard InChI is InChI=1S/C13H14N2O2/c1-8-7-10(14)4-5-11(8)15-13(16)12-6-3-9(2)17-12/h3-7H,14H2,1-2H3,(H,15,16). The molecule has 2 rings (SSSR count). The molecule has 88 valence electrons. The fourth-order valence-corrected chi connectivity index (χ4v) is 1.57. The Balaban J connectivity index is 2.18. The predicted octanol–water partition coefficient (Wildman–Crippen LogP) is 2.73. The molecule has 4 heteroatoms. The van der Waals surface area contributed by atoms with E-state index in [-0.39, 0.29) is 5.91 Å². The van der Waals surface area contributed by atoms with E-state index in [0.29, 0.717) is 17.2 Å². The second kappa shape index (κ2) is 4.33. The molecule has 0 bridgehead atoms. The van der Waals surface area contributed by atoms with Crippen LogP contribution in [0.3, 0.4) is 0 Å². The Bertz CT molecular complexity index is 558. The van der Waals surface area contributed by atoms with E-state index < -0.39 is 0 Å². The predicted molar refractivity (Wildman–Crippen MR) is 67.0 cm³/mol. The summed E-state index contributed by atoms with van der Waals surface area (Å²) in [7, 11) is 0. The van der Waals surface area contributed by atoms with Crippen LogP contribution in [0, 0.1) is 13.8 Å². The van der Waals surface area contributed by atoms with Crippen molar-refractivity contribution in [3.8, 4) is 0 Å². The minimum absolute atomic E-state index is 0.258. The van der Waals surface area contributed by atoms with Crippen molar-refractivity contribution in [1.82, 2.24) is 0 Å². The van der Waals surface area contributed by atoms with Crippen molar-refractivity contribution in [2.45, 2.75) is 13.8 Å². The van der Waals surface area contributed by atoms with Crippen molar-refractivity contribution >= 4 is 17.3 Å². The Morgan fingerprint density at radius 2 is 2.00 bits per heavy atom. The number of rotatable bonds is 2. The minimum Gasteiger partial charge on any atom is -0.456 e. The third-order valence-corrected chi connectivity index (χ3v) is 2.46. The SMILES string of the molecule is Cc1ccc(C(=O)Nc2ccc(N)cc2C)o1. The minimum atomic E-state index is -0.258. The number of nitrogens with two attached hydrogens (primary N) is 1. The first-order chi connectivity index (χ1) is 8.06. The highest BCUT2D eigenvalue weighted by atomic mass is 16.3. The molecule has 0 atom stereocenters. The molecule has 0 aliphatic rings. The molecule has 3 N–H and O–H groups in total. The van der Waals surface area contributed by atoms with E-state index in [1.165, 1.54) is 0 Å². The highest BCUT2D eigenvalue weighted by Gasteiger charge is 2.11. The van der Waals surface area contributed by atoms with Gasteiger partial charge in [0.05, 0.1) is 0 Å². The zero-order chi connectivity index (χ0) is 12.4. The Kier molecular flexibility index (Phi) is 2.87. The Morgan fingerprint density at radius 1 is 1.24 bits per heavy atom. The fraction of sp³-hybridized carbons (Fsp3) is 0.154. The van der Waals surface area contributed by atoms with Gasteiger partial charge in [0.1, 0.15) is 5.76 Å². The lowest BCUT2D eigenvalue weighted by Gasteiger charge is -2.07. The van der Waals surface area contributed by atoms with Gasteiger partial charge in [-0.25, -0.2) is 0 Å². The molecule has 1 aromatic heterocycles. The molecule has 2 aromatic rings. The number of nitrogen functional groups attached to an aromatic ring is 1. The molecule has 0 spiro atoms. The molecular formula is C13H14N2O2. The van der Waals surface area contributed by atoms with Crippen molar-refractivity contribution in [1.29, 1.82) is 0 Å². The summed E-state index contributed by atoms with van der Waals surface area (Å²) in [5.74, 6) is 0.758. The summed E-state index contributed by atoms with van der Waals surface area (Å²) in [6, 6.07) is 8.74. The van der Waals surface area contributed by atoms with Gasteiger partial charge in [0.2, 0.25) is 0 Å². The van der Waals surface area contributed by atoms with Crippen LogP contribution in [-0.2, 0) is 0 Å². The lowest BCUT2D eigenvalue weighted by Crippen LogP contribution is -2.11. The molecule has 0 aliphatic carbocycles. The molecule has 1 amide bonds. The maximum absolute atomic E-state index is 11.8. The van der Waals surface area contributed by atoms with Gasteiger partial charge >= 0.3 is 0 Å². The van der Waals surface area contributed by atoms with Crippen molar-refractivity contribution in [3.05, 3.63) is 47.4 Å². The maximum atomic E-state index is 11.8. The van der Waals surface area contributed by atoms with Gasteiger partial charge in [-0.05, 0) is 49.7 Å². The Labute approximate surface area is 99.4 Å². The summed E-state index contributed by atoms with van der Waals surface area (Å²) in [6.45, 7) is 3.69. The summed E-state index contributed by atoms with van der Waals surface area (Å²) >= 11 is 0. The summed E-state index contributed by atoms with van der Waals surface area (Å²) in [4.78, 5) is 11.8. The van der Waals surface area contributed by atoms with E-state index in [9.17, 15) is 4.79 Å². The Morgan fingerprint density at radius 3 is 2.59 bits per heavy atom. The number of benzene rings is 1. The normalized spacial score (nSPS) is 10.2. The molecule has 0 radical (unpaired) electrons. The molecule has 4 nitrogen and oxygen atoms in total. The van der Waals surface area contributed by atoms with Crippen LogP contribution in [0.1, 0.15) is 21.9 Å². The van der Waals surface area contributed by atoms with E-state index in [1.54, 1.807) is 31.2 Å². The lowest BCUT2D eigenvalue weighted by molar-refractivity contribution is 0.0995. The summed E-state index contributed by atoms with van der Waals surface area (Å²) in [5.41, 5.74) is 7.97. The summed E-state index contributed by atoms with van der Waals surface area (Å²) in [5, 5.41) is 2.78. The molecule has 17 heavy (non-hydrogen) atoms. The molecule has 0 saturated carbocycles. The van der Waals surface area contributed by atoms with Crippen molar-refractivity contribution in [3.63, 3.8) is 0 Å². The molecular weight excluding hydrogens is 216 g/mol. The van der Waals surface area contributed by atoms with Gasteiger partial charge in [0.25, 0.3) is 5.91 Å². The van der Waals surface area contributed by atoms with Crippen molar-refractivity contribution in [2.75, 3.05) is 11.1 Å². The average Bonchev–Trinajstić information content (AvgIpc) is 2.69. The highest BCUT2D eigenvalue weighted by molar-refractivity contribution is 6.02. The number of anilines is 2. The van der Waals surface area contributed by atoms with Crippen LogP contribution in [0.15, 0.2) is 34.7 Å². The number of carbonyl (C=O) groups excluding carboxylic acids is 1. The number of hydrogen-bond acceptors (Lipinski definition) is 3. The summed E-state index contributed by atoms with van der Waals surface area (Å²) < 4.78 is 5.24. The second-order valence-corrected chi connectivity index (χ2v) is 3.94. The summed E-state index contributed by atoms with van der Waals surface area (Å²) in [6.07, 6.45) is 0. The largest absolute Gasteiger partial charge is 0.456 e. The monoisotopic (exact) mass is 230 g/mol. The van der Waals surface area contributed by atoms with Crippen molar-refractivity contribution < 1.29 is 9.21 Å². The molecule has 0 saturated heterocycles. The van der Waals surface area contributed by atoms with Gasteiger partial charge in [0, 0.05) is 11.4 Å². The lowest BCUT2D eigenvalue weighted by atomic mass is 10.2. The van der Waals surface area contributed by atoms with Gasteiger partial charge in [0.15, 0.2) is 5.76 Å². The van der Waals surface area contributed by atoms with Gasteiger partial charge < -0.3 is 15.5 Å². The third-order valence-electron chi connectivity index (χ3n) is 2.46.